The predicted octanol–water partition coefficient (Wildman–Crippen LogP) is 3.27. The van der Waals surface area contributed by atoms with Gasteiger partial charge >= 0.3 is 0 Å². The largest absolute Gasteiger partial charge is 0.367 e. The average Bonchev–Trinajstić information content (AvgIpc) is 3.23. The molecule has 1 aromatic heterocycles. The predicted molar refractivity (Wildman–Crippen MR) is 127 cm³/mol. The molecule has 1 aliphatic rings. The fourth-order valence-electron chi connectivity index (χ4n) is 3.71. The molecule has 2 aromatic carbocycles. The van der Waals surface area contributed by atoms with E-state index in [1.165, 1.54) is 12.4 Å². The Morgan fingerprint density at radius 2 is 1.94 bits per heavy atom. The van der Waals surface area contributed by atoms with Gasteiger partial charge < -0.3 is 19.7 Å². The van der Waals surface area contributed by atoms with Crippen LogP contribution in [0.3, 0.4) is 0 Å². The summed E-state index contributed by atoms with van der Waals surface area (Å²) in [6, 6.07) is 12.1. The summed E-state index contributed by atoms with van der Waals surface area (Å²) in [4.78, 5) is 29.2. The highest BCUT2D eigenvalue weighted by molar-refractivity contribution is 7.99. The van der Waals surface area contributed by atoms with Crippen molar-refractivity contribution in [1.82, 2.24) is 19.7 Å². The molecule has 1 saturated heterocycles. The Morgan fingerprint density at radius 3 is 2.61 bits per heavy atom. The quantitative estimate of drug-likeness (QED) is 0.417. The van der Waals surface area contributed by atoms with Gasteiger partial charge in [0.25, 0.3) is 11.6 Å². The molecule has 0 saturated carbocycles. The molecule has 0 atom stereocenters. The zero-order chi connectivity index (χ0) is 23.4. The Bertz CT molecular complexity index is 1160. The molecule has 0 radical (unpaired) electrons. The molecule has 172 valence electrons. The number of rotatable bonds is 7. The molecule has 10 nitrogen and oxygen atoms in total. The van der Waals surface area contributed by atoms with Gasteiger partial charge in [0.1, 0.15) is 6.33 Å². The topological polar surface area (TPSA) is 109 Å². The number of carbonyl (C=O) groups excluding carboxylic acids is 1. The summed E-state index contributed by atoms with van der Waals surface area (Å²) in [5.41, 5.74) is 1.70. The first-order valence-corrected chi connectivity index (χ1v) is 11.5. The number of aryl methyl sites for hydroxylation is 1. The van der Waals surface area contributed by atoms with Crippen LogP contribution in [-0.2, 0) is 7.05 Å². The lowest BCUT2D eigenvalue weighted by molar-refractivity contribution is -0.387. The van der Waals surface area contributed by atoms with Crippen LogP contribution in [0.1, 0.15) is 17.3 Å². The molecule has 0 aliphatic carbocycles. The van der Waals surface area contributed by atoms with Crippen molar-refractivity contribution in [3.05, 3.63) is 64.5 Å². The third-order valence-corrected chi connectivity index (χ3v) is 6.72. The number of benzene rings is 2. The number of hydrogen-bond donors (Lipinski definition) is 1. The standard InChI is InChI=1S/C22H25N7O3S/c1-3-27-10-12-28(13-11-27)18-7-5-4-6-17(18)24-21(30)16-8-9-20(19(14-16)29(31)32)33-22-25-23-15-26(22)2/h4-9,14-15H,3,10-13H2,1-2H3,(H,24,30). The summed E-state index contributed by atoms with van der Waals surface area (Å²) in [5, 5.41) is 22.9. The first kappa shape index (κ1) is 22.7. The molecule has 0 unspecified atom stereocenters. The minimum Gasteiger partial charge on any atom is -0.367 e. The second kappa shape index (κ2) is 10.0. The van der Waals surface area contributed by atoms with Gasteiger partial charge in [0.05, 0.1) is 21.2 Å². The van der Waals surface area contributed by atoms with Gasteiger partial charge in [-0.25, -0.2) is 0 Å². The Balaban J connectivity index is 1.54. The molecule has 1 amide bonds. The number of amides is 1. The van der Waals surface area contributed by atoms with Gasteiger partial charge in [-0.2, -0.15) is 0 Å². The number of carbonyl (C=O) groups is 1. The normalized spacial score (nSPS) is 14.3. The van der Waals surface area contributed by atoms with Crippen molar-refractivity contribution in [2.45, 2.75) is 17.0 Å². The molecule has 3 aromatic rings. The van der Waals surface area contributed by atoms with Crippen LogP contribution in [0.15, 0.2) is 58.8 Å². The minimum atomic E-state index is -0.489. The van der Waals surface area contributed by atoms with E-state index in [2.05, 4.69) is 32.2 Å². The first-order valence-electron chi connectivity index (χ1n) is 10.6. The van der Waals surface area contributed by atoms with Crippen LogP contribution in [0.2, 0.25) is 0 Å². The number of nitro benzene ring substituents is 1. The number of piperazine rings is 1. The van der Waals surface area contributed by atoms with E-state index in [0.29, 0.717) is 15.7 Å². The number of aromatic nitrogens is 3. The third kappa shape index (κ3) is 5.15. The molecular weight excluding hydrogens is 442 g/mol. The monoisotopic (exact) mass is 467 g/mol. The molecule has 33 heavy (non-hydrogen) atoms. The number of nitrogens with one attached hydrogen (secondary N) is 1. The maximum atomic E-state index is 13.0. The van der Waals surface area contributed by atoms with Gasteiger partial charge in [0.15, 0.2) is 5.16 Å². The zero-order valence-corrected chi connectivity index (χ0v) is 19.3. The van der Waals surface area contributed by atoms with E-state index in [0.717, 1.165) is 50.2 Å². The molecule has 1 fully saturated rings. The van der Waals surface area contributed by atoms with Crippen LogP contribution in [-0.4, -0.2) is 63.2 Å². The number of hydrogen-bond acceptors (Lipinski definition) is 8. The average molecular weight is 468 g/mol. The van der Waals surface area contributed by atoms with Crippen molar-refractivity contribution in [1.29, 1.82) is 0 Å². The Labute approximate surface area is 195 Å². The van der Waals surface area contributed by atoms with Crippen molar-refractivity contribution in [2.24, 2.45) is 7.05 Å². The zero-order valence-electron chi connectivity index (χ0n) is 18.5. The van der Waals surface area contributed by atoms with E-state index in [1.807, 2.05) is 24.3 Å². The SMILES string of the molecule is CCN1CCN(c2ccccc2NC(=O)c2ccc(Sc3nncn3C)c([N+](=O)[O-])c2)CC1. The highest BCUT2D eigenvalue weighted by Crippen LogP contribution is 2.34. The number of para-hydroxylation sites is 2. The Morgan fingerprint density at radius 1 is 1.18 bits per heavy atom. The molecule has 4 rings (SSSR count). The highest BCUT2D eigenvalue weighted by Gasteiger charge is 2.22. The van der Waals surface area contributed by atoms with Crippen LogP contribution >= 0.6 is 11.8 Å². The molecule has 1 N–H and O–H groups in total. The van der Waals surface area contributed by atoms with Gasteiger partial charge in [-0.1, -0.05) is 19.1 Å². The van der Waals surface area contributed by atoms with E-state index in [1.54, 1.807) is 23.7 Å². The van der Waals surface area contributed by atoms with Crippen molar-refractivity contribution in [2.75, 3.05) is 42.9 Å². The fraction of sp³-hybridized carbons (Fsp3) is 0.318. The summed E-state index contributed by atoms with van der Waals surface area (Å²) < 4.78 is 1.67. The molecule has 0 bridgehead atoms. The van der Waals surface area contributed by atoms with Crippen LogP contribution < -0.4 is 10.2 Å². The second-order valence-corrected chi connectivity index (χ2v) is 8.67. The number of likely N-dealkylation sites (N-methyl/N-ethyl adjacent to an activating group) is 1. The summed E-state index contributed by atoms with van der Waals surface area (Å²) >= 11 is 1.13. The number of anilines is 2. The van der Waals surface area contributed by atoms with Gasteiger partial charge in [0.2, 0.25) is 0 Å². The molecular formula is C22H25N7O3S. The van der Waals surface area contributed by atoms with Gasteiger partial charge in [-0.15, -0.1) is 10.2 Å². The van der Waals surface area contributed by atoms with Crippen LogP contribution in [0, 0.1) is 10.1 Å². The maximum Gasteiger partial charge on any atom is 0.284 e. The maximum absolute atomic E-state index is 13.0. The van der Waals surface area contributed by atoms with E-state index >= 15 is 0 Å². The second-order valence-electron chi connectivity index (χ2n) is 7.66. The summed E-state index contributed by atoms with van der Waals surface area (Å²) in [6.45, 7) is 6.86. The van der Waals surface area contributed by atoms with E-state index < -0.39 is 10.8 Å². The molecule has 1 aliphatic heterocycles. The van der Waals surface area contributed by atoms with Crippen molar-refractivity contribution in [3.8, 4) is 0 Å². The smallest absolute Gasteiger partial charge is 0.284 e. The highest BCUT2D eigenvalue weighted by atomic mass is 32.2. The van der Waals surface area contributed by atoms with Crippen molar-refractivity contribution in [3.63, 3.8) is 0 Å². The number of nitrogens with zero attached hydrogens (tertiary/aromatic N) is 6. The fourth-order valence-corrected chi connectivity index (χ4v) is 4.56. The van der Waals surface area contributed by atoms with Crippen molar-refractivity contribution >= 4 is 34.7 Å². The number of nitro groups is 1. The van der Waals surface area contributed by atoms with E-state index in [9.17, 15) is 14.9 Å². The minimum absolute atomic E-state index is 0.153. The van der Waals surface area contributed by atoms with Crippen LogP contribution in [0.25, 0.3) is 0 Å². The Kier molecular flexibility index (Phi) is 6.90. The van der Waals surface area contributed by atoms with Crippen molar-refractivity contribution < 1.29 is 9.72 Å². The Hall–Kier alpha value is -3.44. The van der Waals surface area contributed by atoms with E-state index in [4.69, 9.17) is 0 Å². The van der Waals surface area contributed by atoms with E-state index in [-0.39, 0.29) is 11.3 Å². The molecule has 11 heteroatoms. The lowest BCUT2D eigenvalue weighted by Gasteiger charge is -2.36. The summed E-state index contributed by atoms with van der Waals surface area (Å²) in [6.07, 6.45) is 1.52. The molecule has 0 spiro atoms. The van der Waals surface area contributed by atoms with Gasteiger partial charge in [0, 0.05) is 44.9 Å². The van der Waals surface area contributed by atoms with Gasteiger partial charge in [-0.05, 0) is 42.6 Å². The lowest BCUT2D eigenvalue weighted by atomic mass is 10.1. The molecule has 2 heterocycles. The summed E-state index contributed by atoms with van der Waals surface area (Å²) in [5.74, 6) is -0.395. The van der Waals surface area contributed by atoms with Crippen LogP contribution in [0.5, 0.6) is 0 Å². The third-order valence-electron chi connectivity index (χ3n) is 5.60. The lowest BCUT2D eigenvalue weighted by Crippen LogP contribution is -2.46. The van der Waals surface area contributed by atoms with Gasteiger partial charge in [-0.3, -0.25) is 14.9 Å². The van der Waals surface area contributed by atoms with Crippen LogP contribution in [0.4, 0.5) is 17.1 Å². The first-order chi connectivity index (χ1) is 16.0. The summed E-state index contributed by atoms with van der Waals surface area (Å²) in [7, 11) is 1.76.